The normalized spacial score (nSPS) is 11.5. The smallest absolute Gasteiger partial charge is 0.416 e. The predicted molar refractivity (Wildman–Crippen MR) is 206 cm³/mol. The highest BCUT2D eigenvalue weighted by Crippen LogP contribution is 2.34. The fourth-order valence-corrected chi connectivity index (χ4v) is 6.07. The van der Waals surface area contributed by atoms with Gasteiger partial charge in [0, 0.05) is 59.1 Å². The van der Waals surface area contributed by atoms with E-state index in [1.54, 1.807) is 58.0 Å². The number of hydrogen-bond acceptors (Lipinski definition) is 9. The zero-order valence-electron chi connectivity index (χ0n) is 32.6. The fraction of sp³-hybridized carbons (Fsp3) is 0.250. The van der Waals surface area contributed by atoms with Gasteiger partial charge < -0.3 is 24.0 Å². The molecular formula is C44H38F6N2O8. The molecular weight excluding hydrogens is 798 g/mol. The van der Waals surface area contributed by atoms with Gasteiger partial charge in [-0.3, -0.25) is 9.59 Å². The molecule has 4 aromatic carbocycles. The van der Waals surface area contributed by atoms with Gasteiger partial charge in [-0.2, -0.15) is 26.3 Å². The number of alkyl halides is 6. The lowest BCUT2D eigenvalue weighted by Gasteiger charge is -2.08. The van der Waals surface area contributed by atoms with Crippen molar-refractivity contribution in [2.75, 3.05) is 6.61 Å². The summed E-state index contributed by atoms with van der Waals surface area (Å²) in [7, 11) is 0. The number of aryl methyl sites for hydroxylation is 4. The number of carboxylic acids is 1. The lowest BCUT2D eigenvalue weighted by Crippen LogP contribution is -2.10. The van der Waals surface area contributed by atoms with Crippen molar-refractivity contribution < 1.29 is 64.7 Å². The third-order valence-electron chi connectivity index (χ3n) is 9.53. The van der Waals surface area contributed by atoms with E-state index >= 15 is 0 Å². The molecule has 16 heteroatoms. The fourth-order valence-electron chi connectivity index (χ4n) is 6.07. The summed E-state index contributed by atoms with van der Waals surface area (Å²) in [5.41, 5.74) is 4.16. The summed E-state index contributed by atoms with van der Waals surface area (Å²) in [6, 6.07) is 18.7. The maximum atomic E-state index is 12.7. The molecule has 6 aromatic rings. The summed E-state index contributed by atoms with van der Waals surface area (Å²) in [5, 5.41) is 26.2. The highest BCUT2D eigenvalue weighted by atomic mass is 19.4. The van der Waals surface area contributed by atoms with Crippen LogP contribution in [0.25, 0.3) is 22.6 Å². The van der Waals surface area contributed by atoms with Crippen LogP contribution in [0.5, 0.6) is 11.5 Å². The quantitative estimate of drug-likeness (QED) is 0.0849. The number of ether oxygens (including phenoxy) is 1. The molecule has 314 valence electrons. The first-order valence-corrected chi connectivity index (χ1v) is 18.3. The largest absolute Gasteiger partial charge is 0.508 e. The molecule has 0 fully saturated rings. The molecule has 0 saturated heterocycles. The number of aliphatic carboxylic acids is 1. The molecule has 2 aromatic heterocycles. The Morgan fingerprint density at radius 1 is 0.617 bits per heavy atom. The molecule has 0 spiro atoms. The standard InChI is InChI=1S/C23H20F3NO5.C21H18F3NO3/c1-13-11-16(5-10-20(13)31-12-21(29)30)19(28)9-8-18-14(2)22(32-27-18)15-3-6-17(7-4-15)23(24,25)26;1-12-11-15(5-9-18(12)26)19(27)10-8-17-13(2)20(28-25-17)14-3-6-16(7-4-14)21(22,23)24/h3-7,10-11H,8-9,12H2,1-2H3,(H,29,30);3-7,9,11,26H,8,10H2,1-2H3. The summed E-state index contributed by atoms with van der Waals surface area (Å²) in [6.07, 6.45) is -7.83. The molecule has 0 aliphatic heterocycles. The van der Waals surface area contributed by atoms with Crippen LogP contribution in [0, 0.1) is 27.7 Å². The van der Waals surface area contributed by atoms with Crippen molar-refractivity contribution in [3.63, 3.8) is 0 Å². The van der Waals surface area contributed by atoms with Crippen LogP contribution >= 0.6 is 0 Å². The Bertz CT molecular complexity index is 2480. The van der Waals surface area contributed by atoms with Crippen LogP contribution in [-0.4, -0.2) is 44.7 Å². The Hall–Kier alpha value is -6.71. The van der Waals surface area contributed by atoms with Gasteiger partial charge in [-0.05, 0) is 99.5 Å². The van der Waals surface area contributed by atoms with Gasteiger partial charge in [0.25, 0.3) is 0 Å². The lowest BCUT2D eigenvalue weighted by atomic mass is 10.0. The second-order valence-electron chi connectivity index (χ2n) is 13.8. The van der Waals surface area contributed by atoms with Crippen molar-refractivity contribution >= 4 is 17.5 Å². The van der Waals surface area contributed by atoms with Crippen LogP contribution in [0.4, 0.5) is 26.3 Å². The third kappa shape index (κ3) is 11.1. The maximum absolute atomic E-state index is 12.7. The number of carbonyl (C=O) groups excluding carboxylic acids is 2. The molecule has 0 saturated carbocycles. The SMILES string of the molecule is Cc1cc(C(=O)CCc2noc(-c3ccc(C(F)(F)F)cc3)c2C)ccc1O.Cc1cc(C(=O)CCc2noc(-c3ccc(C(F)(F)F)cc3)c2C)ccc1OCC(=O)O. The van der Waals surface area contributed by atoms with E-state index in [0.29, 0.717) is 86.0 Å². The van der Waals surface area contributed by atoms with E-state index in [1.165, 1.54) is 30.3 Å². The van der Waals surface area contributed by atoms with Crippen LogP contribution in [0.1, 0.15) is 78.3 Å². The minimum Gasteiger partial charge on any atom is -0.508 e. The number of phenolic OH excluding ortho intramolecular Hbond substituents is 1. The monoisotopic (exact) mass is 836 g/mol. The van der Waals surface area contributed by atoms with Gasteiger partial charge in [0.15, 0.2) is 29.7 Å². The molecule has 0 unspecified atom stereocenters. The van der Waals surface area contributed by atoms with Crippen molar-refractivity contribution in [3.05, 3.63) is 141 Å². The second kappa shape index (κ2) is 18.5. The minimum absolute atomic E-state index is 0.0958. The lowest BCUT2D eigenvalue weighted by molar-refractivity contribution is -0.139. The van der Waals surface area contributed by atoms with Gasteiger partial charge in [0.05, 0.1) is 22.5 Å². The number of nitrogens with zero attached hydrogens (tertiary/aromatic N) is 2. The number of aromatic nitrogens is 2. The van der Waals surface area contributed by atoms with Crippen LogP contribution in [0.2, 0.25) is 0 Å². The van der Waals surface area contributed by atoms with E-state index < -0.39 is 36.1 Å². The van der Waals surface area contributed by atoms with E-state index in [0.717, 1.165) is 24.3 Å². The van der Waals surface area contributed by atoms with E-state index in [1.807, 2.05) is 0 Å². The number of halogens is 6. The summed E-state index contributed by atoms with van der Waals surface area (Å²) in [6.45, 7) is 6.45. The molecule has 2 N–H and O–H groups in total. The molecule has 0 aliphatic carbocycles. The molecule has 0 atom stereocenters. The van der Waals surface area contributed by atoms with Gasteiger partial charge in [-0.1, -0.05) is 34.6 Å². The van der Waals surface area contributed by atoms with Gasteiger partial charge >= 0.3 is 18.3 Å². The molecule has 6 rings (SSSR count). The number of hydrogen-bond donors (Lipinski definition) is 2. The van der Waals surface area contributed by atoms with Crippen LogP contribution in [0.3, 0.4) is 0 Å². The predicted octanol–water partition coefficient (Wildman–Crippen LogP) is 10.8. The van der Waals surface area contributed by atoms with Crippen molar-refractivity contribution in [3.8, 4) is 34.1 Å². The topological polar surface area (TPSA) is 153 Å². The van der Waals surface area contributed by atoms with Crippen LogP contribution in [0.15, 0.2) is 94.0 Å². The van der Waals surface area contributed by atoms with E-state index in [4.69, 9.17) is 18.9 Å². The Kier molecular flexibility index (Phi) is 13.7. The molecule has 0 bridgehead atoms. The Morgan fingerprint density at radius 2 is 1.03 bits per heavy atom. The summed E-state index contributed by atoms with van der Waals surface area (Å²) in [4.78, 5) is 35.5. The number of phenols is 1. The number of carboxylic acid groups (broad SMARTS) is 1. The molecule has 10 nitrogen and oxygen atoms in total. The van der Waals surface area contributed by atoms with Gasteiger partial charge in [-0.15, -0.1) is 0 Å². The maximum Gasteiger partial charge on any atom is 0.416 e. The summed E-state index contributed by atoms with van der Waals surface area (Å²) in [5.74, 6) is -0.0719. The van der Waals surface area contributed by atoms with E-state index in [-0.39, 0.29) is 30.2 Å². The van der Waals surface area contributed by atoms with Crippen molar-refractivity contribution in [1.82, 2.24) is 10.3 Å². The second-order valence-corrected chi connectivity index (χ2v) is 13.8. The first kappa shape index (κ1) is 44.4. The Balaban J connectivity index is 0.000000230. The van der Waals surface area contributed by atoms with Crippen molar-refractivity contribution in [2.45, 2.75) is 65.7 Å². The highest BCUT2D eigenvalue weighted by molar-refractivity contribution is 5.97. The number of rotatable bonds is 13. The minimum atomic E-state index is -4.42. The molecule has 2 heterocycles. The number of carbonyl (C=O) groups is 3. The van der Waals surface area contributed by atoms with Gasteiger partial charge in [0.1, 0.15) is 11.5 Å². The van der Waals surface area contributed by atoms with E-state index in [9.17, 15) is 45.8 Å². The Morgan fingerprint density at radius 3 is 1.42 bits per heavy atom. The average Bonchev–Trinajstić information content (AvgIpc) is 3.76. The molecule has 0 aliphatic rings. The number of ketones is 2. The van der Waals surface area contributed by atoms with Crippen molar-refractivity contribution in [2.24, 2.45) is 0 Å². The Labute approximate surface area is 339 Å². The van der Waals surface area contributed by atoms with Gasteiger partial charge in [0.2, 0.25) is 0 Å². The summed E-state index contributed by atoms with van der Waals surface area (Å²) >= 11 is 0. The number of benzene rings is 4. The molecule has 60 heavy (non-hydrogen) atoms. The average molecular weight is 837 g/mol. The van der Waals surface area contributed by atoms with Crippen LogP contribution in [-0.2, 0) is 30.0 Å². The highest BCUT2D eigenvalue weighted by Gasteiger charge is 2.31. The zero-order valence-corrected chi connectivity index (χ0v) is 32.6. The van der Waals surface area contributed by atoms with Gasteiger partial charge in [-0.25, -0.2) is 4.79 Å². The first-order valence-electron chi connectivity index (χ1n) is 18.3. The van der Waals surface area contributed by atoms with Crippen molar-refractivity contribution in [1.29, 1.82) is 0 Å². The molecule has 0 radical (unpaired) electrons. The third-order valence-corrected chi connectivity index (χ3v) is 9.53. The molecule has 0 amide bonds. The summed E-state index contributed by atoms with van der Waals surface area (Å²) < 4.78 is 92.1. The number of aromatic hydroxyl groups is 1. The number of Topliss-reactive ketones (excluding diaryl/α,β-unsaturated/α-hetero) is 2. The van der Waals surface area contributed by atoms with Crippen LogP contribution < -0.4 is 4.74 Å². The zero-order chi connectivity index (χ0) is 43.9. The first-order chi connectivity index (χ1) is 28.2. The van der Waals surface area contributed by atoms with E-state index in [2.05, 4.69) is 10.3 Å².